The van der Waals surface area contributed by atoms with Crippen LogP contribution in [0.15, 0.2) is 24.5 Å². The molecule has 1 fully saturated rings. The molecule has 1 atom stereocenters. The highest BCUT2D eigenvalue weighted by molar-refractivity contribution is 6.30. The SMILES string of the molecule is CCn1cc(C(=O)N2CCc3cc(Cl)cc(C4CCCN4C(=O)OC(C)(C)C)c3C2)cn1. The number of aromatic nitrogens is 2. The Kier molecular flexibility index (Phi) is 6.21. The Morgan fingerprint density at radius 1 is 1.25 bits per heavy atom. The average molecular weight is 459 g/mol. The molecule has 0 N–H and O–H groups in total. The molecule has 1 aromatic carbocycles. The summed E-state index contributed by atoms with van der Waals surface area (Å²) in [5.41, 5.74) is 3.32. The number of benzene rings is 1. The monoisotopic (exact) mass is 458 g/mol. The standard InChI is InChI=1S/C24H31ClN4O3/c1-5-28-14-17(13-26-28)22(30)27-10-8-16-11-18(25)12-19(20(16)15-27)21-7-6-9-29(21)23(31)32-24(2,3)4/h11-14,21H,5-10,15H2,1-4H3. The normalized spacial score (nSPS) is 18.6. The van der Waals surface area contributed by atoms with E-state index in [1.807, 2.05) is 49.6 Å². The van der Waals surface area contributed by atoms with Gasteiger partial charge in [-0.1, -0.05) is 11.6 Å². The maximum atomic E-state index is 13.1. The van der Waals surface area contributed by atoms with Gasteiger partial charge in [-0.05, 0) is 75.8 Å². The molecule has 0 aliphatic carbocycles. The molecule has 1 unspecified atom stereocenters. The van der Waals surface area contributed by atoms with Crippen molar-refractivity contribution < 1.29 is 14.3 Å². The van der Waals surface area contributed by atoms with E-state index < -0.39 is 5.60 Å². The number of hydrogen-bond acceptors (Lipinski definition) is 4. The minimum atomic E-state index is -0.551. The van der Waals surface area contributed by atoms with Crippen molar-refractivity contribution in [3.8, 4) is 0 Å². The smallest absolute Gasteiger partial charge is 0.410 e. The van der Waals surface area contributed by atoms with Crippen molar-refractivity contribution in [2.24, 2.45) is 0 Å². The van der Waals surface area contributed by atoms with E-state index in [0.29, 0.717) is 30.2 Å². The zero-order valence-electron chi connectivity index (χ0n) is 19.2. The largest absolute Gasteiger partial charge is 0.444 e. The zero-order valence-corrected chi connectivity index (χ0v) is 20.0. The molecule has 4 rings (SSSR count). The van der Waals surface area contributed by atoms with Gasteiger partial charge in [0.15, 0.2) is 0 Å². The van der Waals surface area contributed by atoms with Crippen LogP contribution in [0.25, 0.3) is 0 Å². The summed E-state index contributed by atoms with van der Waals surface area (Å²) in [5.74, 6) is -0.0216. The van der Waals surface area contributed by atoms with Gasteiger partial charge in [-0.15, -0.1) is 0 Å². The van der Waals surface area contributed by atoms with Gasteiger partial charge in [-0.3, -0.25) is 9.48 Å². The highest BCUT2D eigenvalue weighted by Gasteiger charge is 2.36. The second-order valence-corrected chi connectivity index (χ2v) is 9.96. The summed E-state index contributed by atoms with van der Waals surface area (Å²) in [7, 11) is 0. The van der Waals surface area contributed by atoms with E-state index in [9.17, 15) is 9.59 Å². The molecule has 172 valence electrons. The molecule has 0 spiro atoms. The summed E-state index contributed by atoms with van der Waals surface area (Å²) in [6.07, 6.45) is 5.61. The second kappa shape index (κ2) is 8.77. The van der Waals surface area contributed by atoms with E-state index in [2.05, 4.69) is 5.10 Å². The molecule has 0 saturated carbocycles. The van der Waals surface area contributed by atoms with Crippen LogP contribution in [-0.2, 0) is 24.2 Å². The number of aryl methyl sites for hydroxylation is 1. The first kappa shape index (κ1) is 22.6. The summed E-state index contributed by atoms with van der Waals surface area (Å²) in [5, 5.41) is 4.90. The lowest BCUT2D eigenvalue weighted by atomic mass is 9.90. The number of carbonyl (C=O) groups excluding carboxylic acids is 2. The van der Waals surface area contributed by atoms with E-state index in [1.165, 1.54) is 0 Å². The van der Waals surface area contributed by atoms with Crippen LogP contribution >= 0.6 is 11.6 Å². The Labute approximate surface area is 194 Å². The lowest BCUT2D eigenvalue weighted by molar-refractivity contribution is 0.0222. The van der Waals surface area contributed by atoms with Gasteiger partial charge in [0, 0.05) is 37.4 Å². The molecule has 2 amide bonds. The van der Waals surface area contributed by atoms with Crippen LogP contribution in [0.1, 0.15) is 73.6 Å². The van der Waals surface area contributed by atoms with Gasteiger partial charge in [0.1, 0.15) is 5.60 Å². The van der Waals surface area contributed by atoms with Crippen LogP contribution in [-0.4, -0.2) is 50.3 Å². The van der Waals surface area contributed by atoms with Gasteiger partial charge in [-0.25, -0.2) is 4.79 Å². The summed E-state index contributed by atoms with van der Waals surface area (Å²) < 4.78 is 7.42. The molecular formula is C24H31ClN4O3. The van der Waals surface area contributed by atoms with Gasteiger partial charge in [-0.2, -0.15) is 5.10 Å². The van der Waals surface area contributed by atoms with Crippen molar-refractivity contribution >= 4 is 23.6 Å². The molecule has 0 bridgehead atoms. The number of rotatable bonds is 3. The third-order valence-corrected chi connectivity index (χ3v) is 6.29. The summed E-state index contributed by atoms with van der Waals surface area (Å²) in [4.78, 5) is 29.7. The maximum Gasteiger partial charge on any atom is 0.410 e. The predicted octanol–water partition coefficient (Wildman–Crippen LogP) is 4.83. The Morgan fingerprint density at radius 2 is 2.03 bits per heavy atom. The maximum absolute atomic E-state index is 13.1. The van der Waals surface area contributed by atoms with Crippen molar-refractivity contribution in [3.63, 3.8) is 0 Å². The molecule has 1 saturated heterocycles. The summed E-state index contributed by atoms with van der Waals surface area (Å²) >= 11 is 6.48. The number of fused-ring (bicyclic) bond motifs is 1. The lowest BCUT2D eigenvalue weighted by Gasteiger charge is -2.34. The van der Waals surface area contributed by atoms with Crippen LogP contribution < -0.4 is 0 Å². The lowest BCUT2D eigenvalue weighted by Crippen LogP contribution is -2.39. The number of amides is 2. The molecule has 32 heavy (non-hydrogen) atoms. The van der Waals surface area contributed by atoms with E-state index in [-0.39, 0.29) is 18.0 Å². The topological polar surface area (TPSA) is 67.7 Å². The van der Waals surface area contributed by atoms with Crippen LogP contribution in [0.3, 0.4) is 0 Å². The van der Waals surface area contributed by atoms with Gasteiger partial charge in [0.2, 0.25) is 0 Å². The first-order chi connectivity index (χ1) is 15.2. The molecule has 8 heteroatoms. The Balaban J connectivity index is 1.62. The van der Waals surface area contributed by atoms with E-state index in [0.717, 1.165) is 42.5 Å². The van der Waals surface area contributed by atoms with Gasteiger partial charge >= 0.3 is 6.09 Å². The van der Waals surface area contributed by atoms with Gasteiger partial charge in [0.25, 0.3) is 5.91 Å². The highest BCUT2D eigenvalue weighted by Crippen LogP contribution is 2.39. The van der Waals surface area contributed by atoms with Crippen molar-refractivity contribution in [1.29, 1.82) is 0 Å². The fourth-order valence-electron chi connectivity index (χ4n) is 4.59. The third-order valence-electron chi connectivity index (χ3n) is 6.07. The molecule has 7 nitrogen and oxygen atoms in total. The van der Waals surface area contributed by atoms with Crippen molar-refractivity contribution in [2.75, 3.05) is 13.1 Å². The number of likely N-dealkylation sites (tertiary alicyclic amines) is 1. The number of halogens is 1. The van der Waals surface area contributed by atoms with Gasteiger partial charge in [0.05, 0.1) is 17.8 Å². The molecule has 1 aromatic heterocycles. The summed E-state index contributed by atoms with van der Waals surface area (Å²) in [6, 6.07) is 3.84. The minimum absolute atomic E-state index is 0.0216. The first-order valence-corrected chi connectivity index (χ1v) is 11.7. The van der Waals surface area contributed by atoms with E-state index >= 15 is 0 Å². The van der Waals surface area contributed by atoms with Crippen LogP contribution in [0.4, 0.5) is 4.79 Å². The number of hydrogen-bond donors (Lipinski definition) is 0. The fourth-order valence-corrected chi connectivity index (χ4v) is 4.84. The fraction of sp³-hybridized carbons (Fsp3) is 0.542. The molecule has 3 heterocycles. The van der Waals surface area contributed by atoms with Crippen LogP contribution in [0.2, 0.25) is 5.02 Å². The Hall–Kier alpha value is -2.54. The quantitative estimate of drug-likeness (QED) is 0.660. The highest BCUT2D eigenvalue weighted by atomic mass is 35.5. The molecule has 2 aromatic rings. The number of carbonyl (C=O) groups is 2. The van der Waals surface area contributed by atoms with Crippen LogP contribution in [0.5, 0.6) is 0 Å². The third kappa shape index (κ3) is 4.63. The number of ether oxygens (including phenoxy) is 1. The van der Waals surface area contributed by atoms with E-state index in [4.69, 9.17) is 16.3 Å². The van der Waals surface area contributed by atoms with Crippen molar-refractivity contribution in [3.05, 3.63) is 51.8 Å². The van der Waals surface area contributed by atoms with Crippen LogP contribution in [0, 0.1) is 0 Å². The molecule has 0 radical (unpaired) electrons. The second-order valence-electron chi connectivity index (χ2n) is 9.53. The van der Waals surface area contributed by atoms with Crippen molar-refractivity contribution in [1.82, 2.24) is 19.6 Å². The summed E-state index contributed by atoms with van der Waals surface area (Å²) in [6.45, 7) is 10.1. The average Bonchev–Trinajstić information content (AvgIpc) is 3.40. The van der Waals surface area contributed by atoms with Gasteiger partial charge < -0.3 is 14.5 Å². The Morgan fingerprint density at radius 3 is 2.72 bits per heavy atom. The zero-order chi connectivity index (χ0) is 23.0. The van der Waals surface area contributed by atoms with Crippen molar-refractivity contribution in [2.45, 2.75) is 71.7 Å². The molecule has 2 aliphatic rings. The molecule has 2 aliphatic heterocycles. The van der Waals surface area contributed by atoms with E-state index in [1.54, 1.807) is 17.1 Å². The minimum Gasteiger partial charge on any atom is -0.444 e. The Bertz CT molecular complexity index is 1030. The predicted molar refractivity (Wildman–Crippen MR) is 123 cm³/mol. The number of nitrogens with zero attached hydrogens (tertiary/aromatic N) is 4. The molecular weight excluding hydrogens is 428 g/mol. The first-order valence-electron chi connectivity index (χ1n) is 11.3.